The van der Waals surface area contributed by atoms with Crippen LogP contribution in [0.15, 0.2) is 52.9 Å². The lowest BCUT2D eigenvalue weighted by Gasteiger charge is -2.14. The van der Waals surface area contributed by atoms with E-state index < -0.39 is 23.5 Å². The Bertz CT molecular complexity index is 1160. The van der Waals surface area contributed by atoms with Crippen molar-refractivity contribution in [2.75, 3.05) is 5.01 Å². The molecule has 0 amide bonds. The number of carboxylic acid groups (broad SMARTS) is 1. The minimum atomic E-state index is -4.45. The third-order valence-corrected chi connectivity index (χ3v) is 5.46. The summed E-state index contributed by atoms with van der Waals surface area (Å²) in [7, 11) is 0. The van der Waals surface area contributed by atoms with Crippen LogP contribution in [-0.2, 0) is 6.18 Å². The number of anilines is 1. The van der Waals surface area contributed by atoms with E-state index in [0.717, 1.165) is 37.1 Å². The summed E-state index contributed by atoms with van der Waals surface area (Å²) in [6.07, 6.45) is -1.42. The van der Waals surface area contributed by atoms with E-state index >= 15 is 0 Å². The second kappa shape index (κ2) is 8.10. The Morgan fingerprint density at radius 2 is 2.00 bits per heavy atom. The molecule has 3 aromatic rings. The third kappa shape index (κ3) is 4.74. The lowest BCUT2D eigenvalue weighted by atomic mass is 10.1. The number of aromatic carboxylic acids is 1. The van der Waals surface area contributed by atoms with Crippen LogP contribution < -0.4 is 5.01 Å². The Morgan fingerprint density at radius 1 is 1.23 bits per heavy atom. The Hall–Kier alpha value is -3.27. The summed E-state index contributed by atoms with van der Waals surface area (Å²) in [6.45, 7) is 0. The molecule has 0 saturated heterocycles. The predicted molar refractivity (Wildman–Crippen MR) is 109 cm³/mol. The minimum absolute atomic E-state index is 0.0606. The summed E-state index contributed by atoms with van der Waals surface area (Å²) in [5.74, 6) is -1.95. The standard InChI is InChI=1S/C21H15F4N3O2S/c22-15-5-4-13(17(9-15)19(29)30)10-26-28(16-6-7-16)20-27-18(11-31-20)12-2-1-3-14(8-12)21(23,24)25/h1-5,8-11,16H,6-7H2,(H,29,30)/b26-10+. The molecule has 0 unspecified atom stereocenters. The number of benzene rings is 2. The molecule has 1 saturated carbocycles. The van der Waals surface area contributed by atoms with Crippen molar-refractivity contribution in [1.82, 2.24) is 4.98 Å². The van der Waals surface area contributed by atoms with Crippen LogP contribution in [0.1, 0.15) is 34.3 Å². The smallest absolute Gasteiger partial charge is 0.416 e. The summed E-state index contributed by atoms with van der Waals surface area (Å²) in [4.78, 5) is 15.8. The van der Waals surface area contributed by atoms with E-state index in [1.54, 1.807) is 16.5 Å². The molecule has 1 aromatic heterocycles. The minimum Gasteiger partial charge on any atom is -0.478 e. The second-order valence-electron chi connectivity index (χ2n) is 6.95. The van der Waals surface area contributed by atoms with E-state index in [-0.39, 0.29) is 17.2 Å². The molecule has 4 rings (SSSR count). The average molecular weight is 449 g/mol. The zero-order valence-electron chi connectivity index (χ0n) is 15.8. The number of nitrogens with zero attached hydrogens (tertiary/aromatic N) is 3. The summed E-state index contributed by atoms with van der Waals surface area (Å²) in [6, 6.07) is 8.37. The highest BCUT2D eigenvalue weighted by Crippen LogP contribution is 2.37. The van der Waals surface area contributed by atoms with Crippen molar-refractivity contribution in [3.05, 3.63) is 70.4 Å². The molecular weight excluding hydrogens is 434 g/mol. The lowest BCUT2D eigenvalue weighted by Crippen LogP contribution is -2.19. The highest BCUT2D eigenvalue weighted by Gasteiger charge is 2.32. The van der Waals surface area contributed by atoms with Gasteiger partial charge in [-0.2, -0.15) is 18.3 Å². The van der Waals surface area contributed by atoms with Crippen LogP contribution in [0, 0.1) is 5.82 Å². The van der Waals surface area contributed by atoms with Crippen LogP contribution in [0.5, 0.6) is 0 Å². The number of thiazole rings is 1. The first-order chi connectivity index (χ1) is 14.7. The molecule has 2 aromatic carbocycles. The quantitative estimate of drug-likeness (QED) is 0.299. The fourth-order valence-corrected chi connectivity index (χ4v) is 3.79. The van der Waals surface area contributed by atoms with Crippen LogP contribution in [0.3, 0.4) is 0 Å². The molecule has 1 aliphatic carbocycles. The maximum Gasteiger partial charge on any atom is 0.416 e. The molecule has 1 aliphatic rings. The number of hydrogen-bond acceptors (Lipinski definition) is 5. The van der Waals surface area contributed by atoms with Gasteiger partial charge in [0.1, 0.15) is 5.82 Å². The second-order valence-corrected chi connectivity index (χ2v) is 7.79. The molecule has 0 radical (unpaired) electrons. The van der Waals surface area contributed by atoms with E-state index in [4.69, 9.17) is 0 Å². The van der Waals surface area contributed by atoms with Crippen molar-refractivity contribution >= 4 is 28.7 Å². The largest absolute Gasteiger partial charge is 0.478 e. The number of hydrazone groups is 1. The van der Waals surface area contributed by atoms with Gasteiger partial charge in [0.25, 0.3) is 0 Å². The van der Waals surface area contributed by atoms with Gasteiger partial charge in [-0.05, 0) is 43.2 Å². The van der Waals surface area contributed by atoms with Crippen LogP contribution in [-0.4, -0.2) is 28.3 Å². The number of carbonyl (C=O) groups is 1. The topological polar surface area (TPSA) is 65.8 Å². The monoisotopic (exact) mass is 449 g/mol. The Labute approximate surface area is 178 Å². The van der Waals surface area contributed by atoms with Gasteiger partial charge in [0, 0.05) is 16.5 Å². The molecule has 1 N–H and O–H groups in total. The molecule has 0 aliphatic heterocycles. The van der Waals surface area contributed by atoms with Crippen molar-refractivity contribution in [3.63, 3.8) is 0 Å². The van der Waals surface area contributed by atoms with Crippen molar-refractivity contribution in [3.8, 4) is 11.3 Å². The number of aromatic nitrogens is 1. The van der Waals surface area contributed by atoms with Crippen molar-refractivity contribution in [2.45, 2.75) is 25.1 Å². The summed E-state index contributed by atoms with van der Waals surface area (Å²) in [5, 5.41) is 17.4. The first-order valence-corrected chi connectivity index (χ1v) is 10.1. The average Bonchev–Trinajstić information content (AvgIpc) is 3.44. The van der Waals surface area contributed by atoms with E-state index in [1.165, 1.54) is 29.7 Å². The number of halogens is 4. The van der Waals surface area contributed by atoms with E-state index in [9.17, 15) is 27.5 Å². The van der Waals surface area contributed by atoms with Gasteiger partial charge in [0.15, 0.2) is 0 Å². The van der Waals surface area contributed by atoms with Gasteiger partial charge in [-0.25, -0.2) is 19.2 Å². The first-order valence-electron chi connectivity index (χ1n) is 9.21. The molecule has 160 valence electrons. The van der Waals surface area contributed by atoms with Crippen molar-refractivity contribution in [2.24, 2.45) is 5.10 Å². The van der Waals surface area contributed by atoms with Gasteiger partial charge in [-0.15, -0.1) is 11.3 Å². The Balaban J connectivity index is 1.63. The Morgan fingerprint density at radius 3 is 2.68 bits per heavy atom. The van der Waals surface area contributed by atoms with Crippen LogP contribution >= 0.6 is 11.3 Å². The Kier molecular flexibility index (Phi) is 5.48. The highest BCUT2D eigenvalue weighted by atomic mass is 32.1. The van der Waals surface area contributed by atoms with Gasteiger partial charge in [0.05, 0.1) is 29.1 Å². The summed E-state index contributed by atoms with van der Waals surface area (Å²) >= 11 is 1.23. The van der Waals surface area contributed by atoms with Gasteiger partial charge in [-0.3, -0.25) is 0 Å². The SMILES string of the molecule is O=C(O)c1cc(F)ccc1/C=N/N(c1nc(-c2cccc(C(F)(F)F)c2)cs1)C1CC1. The molecule has 0 bridgehead atoms. The number of carboxylic acids is 1. The number of rotatable bonds is 6. The third-order valence-electron chi connectivity index (χ3n) is 4.63. The number of alkyl halides is 3. The number of hydrogen-bond donors (Lipinski definition) is 1. The fraction of sp³-hybridized carbons (Fsp3) is 0.190. The first kappa shape index (κ1) is 21.0. The fourth-order valence-electron chi connectivity index (χ4n) is 2.93. The molecule has 0 spiro atoms. The molecular formula is C21H15F4N3O2S. The predicted octanol–water partition coefficient (Wildman–Crippen LogP) is 5.67. The van der Waals surface area contributed by atoms with Gasteiger partial charge >= 0.3 is 12.1 Å². The van der Waals surface area contributed by atoms with Crippen LogP contribution in [0.25, 0.3) is 11.3 Å². The normalized spacial score (nSPS) is 14.2. The molecule has 0 atom stereocenters. The molecule has 10 heteroatoms. The summed E-state index contributed by atoms with van der Waals surface area (Å²) in [5.41, 5.74) is -0.0182. The zero-order chi connectivity index (χ0) is 22.2. The van der Waals surface area contributed by atoms with Crippen LogP contribution in [0.4, 0.5) is 22.7 Å². The maximum absolute atomic E-state index is 13.4. The summed E-state index contributed by atoms with van der Waals surface area (Å²) < 4.78 is 52.4. The van der Waals surface area contributed by atoms with E-state index in [2.05, 4.69) is 10.1 Å². The molecule has 1 fully saturated rings. The van der Waals surface area contributed by atoms with Gasteiger partial charge in [0.2, 0.25) is 5.13 Å². The van der Waals surface area contributed by atoms with Gasteiger partial charge < -0.3 is 5.11 Å². The molecule has 5 nitrogen and oxygen atoms in total. The van der Waals surface area contributed by atoms with Crippen LogP contribution in [0.2, 0.25) is 0 Å². The molecule has 1 heterocycles. The van der Waals surface area contributed by atoms with E-state index in [1.807, 2.05) is 0 Å². The maximum atomic E-state index is 13.4. The zero-order valence-corrected chi connectivity index (χ0v) is 16.6. The van der Waals surface area contributed by atoms with Crippen molar-refractivity contribution < 1.29 is 27.5 Å². The lowest BCUT2D eigenvalue weighted by molar-refractivity contribution is -0.137. The van der Waals surface area contributed by atoms with Gasteiger partial charge in [-0.1, -0.05) is 12.1 Å². The van der Waals surface area contributed by atoms with E-state index in [0.29, 0.717) is 16.4 Å². The molecule has 31 heavy (non-hydrogen) atoms. The van der Waals surface area contributed by atoms with Crippen molar-refractivity contribution in [1.29, 1.82) is 0 Å². The highest BCUT2D eigenvalue weighted by molar-refractivity contribution is 7.14.